The zero-order valence-corrected chi connectivity index (χ0v) is 14.2. The lowest BCUT2D eigenvalue weighted by atomic mass is 9.89. The Morgan fingerprint density at radius 1 is 1.24 bits per heavy atom. The Labute approximate surface area is 129 Å². The predicted octanol–water partition coefficient (Wildman–Crippen LogP) is 1.77. The number of hydrogen-bond acceptors (Lipinski definition) is 3. The normalized spacial score (nSPS) is 17.3. The highest BCUT2D eigenvalue weighted by Crippen LogP contribution is 2.20. The Hall–Kier alpha value is -0.810. The van der Waals surface area contributed by atoms with E-state index >= 15 is 0 Å². The van der Waals surface area contributed by atoms with Gasteiger partial charge in [0.05, 0.1) is 0 Å². The second-order valence-electron chi connectivity index (χ2n) is 7.34. The maximum absolute atomic E-state index is 12.1. The van der Waals surface area contributed by atoms with Gasteiger partial charge >= 0.3 is 6.03 Å². The summed E-state index contributed by atoms with van der Waals surface area (Å²) in [6.07, 6.45) is 1.83. The van der Waals surface area contributed by atoms with Crippen molar-refractivity contribution >= 4 is 6.03 Å². The van der Waals surface area contributed by atoms with Crippen molar-refractivity contribution in [2.75, 3.05) is 45.9 Å². The molecule has 1 fully saturated rings. The molecule has 0 aromatic carbocycles. The fourth-order valence-corrected chi connectivity index (χ4v) is 2.60. The van der Waals surface area contributed by atoms with Crippen LogP contribution < -0.4 is 5.32 Å². The van der Waals surface area contributed by atoms with Crippen molar-refractivity contribution in [1.29, 1.82) is 0 Å². The number of amides is 2. The lowest BCUT2D eigenvalue weighted by molar-refractivity contribution is 0.129. The molecule has 1 heterocycles. The number of urea groups is 1. The minimum absolute atomic E-state index is 0.0484. The predicted molar refractivity (Wildman–Crippen MR) is 86.4 cm³/mol. The molecule has 0 spiro atoms. The van der Waals surface area contributed by atoms with Crippen LogP contribution in [0, 0.1) is 11.3 Å². The molecule has 124 valence electrons. The third-order valence-corrected chi connectivity index (χ3v) is 4.02. The maximum atomic E-state index is 12.1. The van der Waals surface area contributed by atoms with Gasteiger partial charge in [-0.25, -0.2) is 4.79 Å². The molecule has 0 bridgehead atoms. The Morgan fingerprint density at radius 3 is 2.38 bits per heavy atom. The van der Waals surface area contributed by atoms with E-state index in [1.165, 1.54) is 0 Å². The van der Waals surface area contributed by atoms with Gasteiger partial charge in [0, 0.05) is 45.9 Å². The van der Waals surface area contributed by atoms with E-state index in [0.29, 0.717) is 12.5 Å². The summed E-state index contributed by atoms with van der Waals surface area (Å²) in [6.45, 7) is 14.1. The lowest BCUT2D eigenvalue weighted by Gasteiger charge is -2.35. The van der Waals surface area contributed by atoms with Gasteiger partial charge in [-0.15, -0.1) is 0 Å². The van der Waals surface area contributed by atoms with Gasteiger partial charge in [-0.1, -0.05) is 27.7 Å². The summed E-state index contributed by atoms with van der Waals surface area (Å²) >= 11 is 0. The molecular weight excluding hydrogens is 266 g/mol. The van der Waals surface area contributed by atoms with Crippen molar-refractivity contribution in [3.8, 4) is 0 Å². The first-order valence-corrected chi connectivity index (χ1v) is 8.20. The van der Waals surface area contributed by atoms with E-state index in [1.807, 2.05) is 18.7 Å². The number of nitrogens with one attached hydrogen (secondary N) is 1. The standard InChI is InChI=1S/C16H33N3O2/c1-14(2)12-18-8-10-19(11-9-18)15(21)17-7-5-6-16(3,4)13-20/h14,20H,5-13H2,1-4H3,(H,17,21). The molecule has 1 rings (SSSR count). The summed E-state index contributed by atoms with van der Waals surface area (Å²) in [5.41, 5.74) is -0.0484. The number of nitrogens with zero attached hydrogens (tertiary/aromatic N) is 2. The highest BCUT2D eigenvalue weighted by atomic mass is 16.3. The minimum Gasteiger partial charge on any atom is -0.396 e. The maximum Gasteiger partial charge on any atom is 0.317 e. The monoisotopic (exact) mass is 299 g/mol. The second kappa shape index (κ2) is 8.59. The molecule has 5 nitrogen and oxygen atoms in total. The fourth-order valence-electron chi connectivity index (χ4n) is 2.60. The highest BCUT2D eigenvalue weighted by Gasteiger charge is 2.21. The van der Waals surface area contributed by atoms with E-state index in [-0.39, 0.29) is 18.1 Å². The summed E-state index contributed by atoms with van der Waals surface area (Å²) in [6, 6.07) is 0.0565. The Morgan fingerprint density at radius 2 is 1.86 bits per heavy atom. The summed E-state index contributed by atoms with van der Waals surface area (Å²) in [5, 5.41) is 12.2. The molecule has 2 amide bonds. The van der Waals surface area contributed by atoms with Crippen molar-refractivity contribution in [1.82, 2.24) is 15.1 Å². The van der Waals surface area contributed by atoms with Gasteiger partial charge in [-0.2, -0.15) is 0 Å². The molecule has 0 aromatic heterocycles. The molecule has 21 heavy (non-hydrogen) atoms. The van der Waals surface area contributed by atoms with Gasteiger partial charge in [-0.05, 0) is 24.2 Å². The average Bonchev–Trinajstić information content (AvgIpc) is 2.43. The molecular formula is C16H33N3O2. The smallest absolute Gasteiger partial charge is 0.317 e. The van der Waals surface area contributed by atoms with Gasteiger partial charge in [0.15, 0.2) is 0 Å². The molecule has 5 heteroatoms. The molecule has 0 atom stereocenters. The van der Waals surface area contributed by atoms with Crippen LogP contribution in [-0.4, -0.2) is 66.8 Å². The second-order valence-corrected chi connectivity index (χ2v) is 7.34. The fraction of sp³-hybridized carbons (Fsp3) is 0.938. The molecule has 1 aliphatic heterocycles. The van der Waals surface area contributed by atoms with E-state index in [9.17, 15) is 9.90 Å². The summed E-state index contributed by atoms with van der Waals surface area (Å²) in [5.74, 6) is 0.681. The van der Waals surface area contributed by atoms with Crippen LogP contribution in [0.2, 0.25) is 0 Å². The first kappa shape index (κ1) is 18.2. The first-order chi connectivity index (χ1) is 9.84. The van der Waals surface area contributed by atoms with Crippen LogP contribution in [0.5, 0.6) is 0 Å². The van der Waals surface area contributed by atoms with Crippen molar-refractivity contribution in [3.05, 3.63) is 0 Å². The Bertz CT molecular complexity index is 311. The van der Waals surface area contributed by atoms with Gasteiger partial charge < -0.3 is 15.3 Å². The number of carbonyl (C=O) groups is 1. The number of hydrogen-bond donors (Lipinski definition) is 2. The number of carbonyl (C=O) groups excluding carboxylic acids is 1. The van der Waals surface area contributed by atoms with Crippen LogP contribution >= 0.6 is 0 Å². The lowest BCUT2D eigenvalue weighted by Crippen LogP contribution is -2.52. The summed E-state index contributed by atoms with van der Waals surface area (Å²) in [7, 11) is 0. The SMILES string of the molecule is CC(C)CN1CCN(C(=O)NCCCC(C)(C)CO)CC1. The Balaban J connectivity index is 2.17. The van der Waals surface area contributed by atoms with Crippen molar-refractivity contribution in [3.63, 3.8) is 0 Å². The van der Waals surface area contributed by atoms with Crippen LogP contribution in [0.4, 0.5) is 4.79 Å². The molecule has 1 aliphatic rings. The van der Waals surface area contributed by atoms with Gasteiger partial charge in [0.2, 0.25) is 0 Å². The van der Waals surface area contributed by atoms with Crippen LogP contribution in [-0.2, 0) is 0 Å². The summed E-state index contributed by atoms with van der Waals surface area (Å²) < 4.78 is 0. The van der Waals surface area contributed by atoms with E-state index in [2.05, 4.69) is 24.1 Å². The molecule has 0 aromatic rings. The van der Waals surface area contributed by atoms with Crippen LogP contribution in [0.3, 0.4) is 0 Å². The van der Waals surface area contributed by atoms with Gasteiger partial charge in [-0.3, -0.25) is 4.90 Å². The van der Waals surface area contributed by atoms with E-state index in [0.717, 1.165) is 45.6 Å². The molecule has 0 unspecified atom stereocenters. The highest BCUT2D eigenvalue weighted by molar-refractivity contribution is 5.74. The molecule has 2 N–H and O–H groups in total. The largest absolute Gasteiger partial charge is 0.396 e. The average molecular weight is 299 g/mol. The zero-order valence-electron chi connectivity index (χ0n) is 14.2. The zero-order chi connectivity index (χ0) is 15.9. The number of piperazine rings is 1. The molecule has 0 aliphatic carbocycles. The quantitative estimate of drug-likeness (QED) is 0.704. The van der Waals surface area contributed by atoms with Crippen LogP contribution in [0.15, 0.2) is 0 Å². The van der Waals surface area contributed by atoms with Crippen LogP contribution in [0.25, 0.3) is 0 Å². The molecule has 1 saturated heterocycles. The number of aliphatic hydroxyl groups is 1. The molecule has 0 radical (unpaired) electrons. The minimum atomic E-state index is -0.0484. The van der Waals surface area contributed by atoms with Gasteiger partial charge in [0.25, 0.3) is 0 Å². The van der Waals surface area contributed by atoms with Gasteiger partial charge in [0.1, 0.15) is 0 Å². The summed E-state index contributed by atoms with van der Waals surface area (Å²) in [4.78, 5) is 16.4. The number of aliphatic hydroxyl groups excluding tert-OH is 1. The Kier molecular flexibility index (Phi) is 7.46. The van der Waals surface area contributed by atoms with Crippen molar-refractivity contribution in [2.45, 2.75) is 40.5 Å². The van der Waals surface area contributed by atoms with Crippen molar-refractivity contribution in [2.24, 2.45) is 11.3 Å². The topological polar surface area (TPSA) is 55.8 Å². The van der Waals surface area contributed by atoms with E-state index in [1.54, 1.807) is 0 Å². The van der Waals surface area contributed by atoms with E-state index < -0.39 is 0 Å². The first-order valence-electron chi connectivity index (χ1n) is 8.20. The van der Waals surface area contributed by atoms with E-state index in [4.69, 9.17) is 0 Å². The van der Waals surface area contributed by atoms with Crippen LogP contribution in [0.1, 0.15) is 40.5 Å². The number of rotatable bonds is 7. The third-order valence-electron chi connectivity index (χ3n) is 4.02. The molecule has 0 saturated carbocycles. The third kappa shape index (κ3) is 7.14. The van der Waals surface area contributed by atoms with Crippen molar-refractivity contribution < 1.29 is 9.90 Å².